The lowest BCUT2D eigenvalue weighted by Gasteiger charge is -2.17. The lowest BCUT2D eigenvalue weighted by molar-refractivity contribution is -0.230. The molecule has 0 amide bonds. The van der Waals surface area contributed by atoms with E-state index in [0.717, 1.165) is 16.5 Å². The van der Waals surface area contributed by atoms with Gasteiger partial charge in [0.05, 0.1) is 6.61 Å². The third-order valence-corrected chi connectivity index (χ3v) is 2.47. The molecule has 90 valence electrons. The van der Waals surface area contributed by atoms with Gasteiger partial charge in [0, 0.05) is 12.5 Å². The molecule has 3 heteroatoms. The van der Waals surface area contributed by atoms with E-state index in [0.29, 0.717) is 6.61 Å². The van der Waals surface area contributed by atoms with E-state index in [4.69, 9.17) is 14.2 Å². The van der Waals surface area contributed by atoms with Crippen LogP contribution in [0.4, 0.5) is 0 Å². The highest BCUT2D eigenvalue weighted by Gasteiger charge is 2.10. The van der Waals surface area contributed by atoms with Crippen molar-refractivity contribution in [1.82, 2.24) is 0 Å². The summed E-state index contributed by atoms with van der Waals surface area (Å²) in [6.45, 7) is 1.78. The van der Waals surface area contributed by atoms with Gasteiger partial charge in [-0.1, -0.05) is 36.4 Å². The smallest absolute Gasteiger partial charge is 0.315 e. The number of hydrogen-bond donors (Lipinski definition) is 0. The van der Waals surface area contributed by atoms with Crippen LogP contribution in [0.5, 0.6) is 5.75 Å². The van der Waals surface area contributed by atoms with Crippen molar-refractivity contribution in [2.45, 2.75) is 13.4 Å². The van der Waals surface area contributed by atoms with Gasteiger partial charge in [0.15, 0.2) is 0 Å². The zero-order valence-electron chi connectivity index (χ0n) is 10.1. The summed E-state index contributed by atoms with van der Waals surface area (Å²) >= 11 is 0. The fourth-order valence-corrected chi connectivity index (χ4v) is 1.69. The van der Waals surface area contributed by atoms with Crippen molar-refractivity contribution >= 4 is 10.8 Å². The van der Waals surface area contributed by atoms with Crippen LogP contribution in [0.15, 0.2) is 42.5 Å². The molecule has 0 N–H and O–H groups in total. The molecule has 0 aromatic heterocycles. The second kappa shape index (κ2) is 5.66. The predicted octanol–water partition coefficient (Wildman–Crippen LogP) is 3.19. The second-order valence-corrected chi connectivity index (χ2v) is 3.57. The van der Waals surface area contributed by atoms with Crippen LogP contribution >= 0.6 is 0 Å². The Bertz CT molecular complexity index is 476. The van der Waals surface area contributed by atoms with Crippen LogP contribution < -0.4 is 4.74 Å². The van der Waals surface area contributed by atoms with Crippen LogP contribution in [0, 0.1) is 0 Å². The molecule has 0 aliphatic carbocycles. The number of ether oxygens (including phenoxy) is 3. The number of methoxy groups -OCH3 is 1. The predicted molar refractivity (Wildman–Crippen MR) is 67.0 cm³/mol. The normalized spacial score (nSPS) is 12.6. The summed E-state index contributed by atoms with van der Waals surface area (Å²) in [5.74, 6) is 0.767. The zero-order chi connectivity index (χ0) is 12.1. The molecule has 0 saturated carbocycles. The van der Waals surface area contributed by atoms with Gasteiger partial charge in [-0.3, -0.25) is 0 Å². The molecule has 0 spiro atoms. The first kappa shape index (κ1) is 11.9. The molecule has 2 rings (SSSR count). The van der Waals surface area contributed by atoms with Gasteiger partial charge in [0.2, 0.25) is 0 Å². The van der Waals surface area contributed by atoms with Gasteiger partial charge in [0.25, 0.3) is 0 Å². The monoisotopic (exact) mass is 232 g/mol. The highest BCUT2D eigenvalue weighted by molar-refractivity contribution is 5.88. The lowest BCUT2D eigenvalue weighted by Crippen LogP contribution is -2.22. The quantitative estimate of drug-likeness (QED) is 0.741. The van der Waals surface area contributed by atoms with Crippen molar-refractivity contribution in [3.8, 4) is 5.75 Å². The Hall–Kier alpha value is -1.58. The Morgan fingerprint density at radius 1 is 1.06 bits per heavy atom. The van der Waals surface area contributed by atoms with Gasteiger partial charge >= 0.3 is 6.48 Å². The van der Waals surface area contributed by atoms with Gasteiger partial charge in [-0.25, -0.2) is 0 Å². The van der Waals surface area contributed by atoms with Crippen molar-refractivity contribution in [2.75, 3.05) is 13.7 Å². The third-order valence-electron chi connectivity index (χ3n) is 2.47. The molecule has 3 nitrogen and oxygen atoms in total. The summed E-state index contributed by atoms with van der Waals surface area (Å²) in [5.41, 5.74) is 0. The third kappa shape index (κ3) is 2.75. The van der Waals surface area contributed by atoms with E-state index in [1.54, 1.807) is 7.11 Å². The molecule has 0 aliphatic rings. The molecule has 0 saturated heterocycles. The first-order valence-corrected chi connectivity index (χ1v) is 5.64. The van der Waals surface area contributed by atoms with Crippen LogP contribution in [0.1, 0.15) is 6.92 Å². The van der Waals surface area contributed by atoms with Crippen molar-refractivity contribution in [1.29, 1.82) is 0 Å². The number of fused-ring (bicyclic) bond motifs is 1. The van der Waals surface area contributed by atoms with Crippen molar-refractivity contribution < 1.29 is 14.2 Å². The molecular weight excluding hydrogens is 216 g/mol. The average Bonchev–Trinajstić information content (AvgIpc) is 2.38. The van der Waals surface area contributed by atoms with E-state index in [9.17, 15) is 0 Å². The Balaban J connectivity index is 2.28. The van der Waals surface area contributed by atoms with E-state index in [1.165, 1.54) is 0 Å². The van der Waals surface area contributed by atoms with Crippen LogP contribution in [-0.4, -0.2) is 20.2 Å². The highest BCUT2D eigenvalue weighted by atomic mass is 16.8. The fourth-order valence-electron chi connectivity index (χ4n) is 1.69. The van der Waals surface area contributed by atoms with Crippen LogP contribution in [0.25, 0.3) is 10.8 Å². The summed E-state index contributed by atoms with van der Waals surface area (Å²) in [4.78, 5) is 0. The molecule has 0 heterocycles. The van der Waals surface area contributed by atoms with Crippen molar-refractivity contribution in [3.63, 3.8) is 0 Å². The minimum absolute atomic E-state index is 0.545. The molecule has 1 unspecified atom stereocenters. The Morgan fingerprint density at radius 3 is 2.59 bits per heavy atom. The Labute approximate surface area is 101 Å². The summed E-state index contributed by atoms with van der Waals surface area (Å²) in [7, 11) is 1.56. The molecular formula is C14H16O3. The zero-order valence-corrected chi connectivity index (χ0v) is 10.1. The van der Waals surface area contributed by atoms with Crippen LogP contribution in [0.3, 0.4) is 0 Å². The molecule has 1 atom stereocenters. The molecule has 2 aromatic rings. The fraction of sp³-hybridized carbons (Fsp3) is 0.286. The van der Waals surface area contributed by atoms with E-state index < -0.39 is 6.48 Å². The van der Waals surface area contributed by atoms with Gasteiger partial charge in [-0.15, -0.1) is 0 Å². The SMILES string of the molecule is CCOC(OC)Oc1cccc2ccccc12. The Kier molecular flexibility index (Phi) is 3.96. The molecule has 0 radical (unpaired) electrons. The molecule has 2 aromatic carbocycles. The van der Waals surface area contributed by atoms with Gasteiger partial charge in [-0.05, 0) is 18.4 Å². The van der Waals surface area contributed by atoms with Gasteiger partial charge < -0.3 is 14.2 Å². The van der Waals surface area contributed by atoms with E-state index >= 15 is 0 Å². The highest BCUT2D eigenvalue weighted by Crippen LogP contribution is 2.26. The number of hydrogen-bond acceptors (Lipinski definition) is 3. The van der Waals surface area contributed by atoms with Gasteiger partial charge in [-0.2, -0.15) is 0 Å². The lowest BCUT2D eigenvalue weighted by atomic mass is 10.1. The molecule has 0 aliphatic heterocycles. The molecule has 17 heavy (non-hydrogen) atoms. The van der Waals surface area contributed by atoms with E-state index in [2.05, 4.69) is 0 Å². The van der Waals surface area contributed by atoms with Gasteiger partial charge in [0.1, 0.15) is 5.75 Å². The second-order valence-electron chi connectivity index (χ2n) is 3.57. The standard InChI is InChI=1S/C14H16O3/c1-3-16-14(15-2)17-13-10-6-8-11-7-4-5-9-12(11)13/h4-10,14H,3H2,1-2H3. The van der Waals surface area contributed by atoms with Crippen LogP contribution in [-0.2, 0) is 9.47 Å². The summed E-state index contributed by atoms with van der Waals surface area (Å²) in [6, 6.07) is 14.0. The van der Waals surface area contributed by atoms with Crippen molar-refractivity contribution in [2.24, 2.45) is 0 Å². The molecule has 0 fully saturated rings. The topological polar surface area (TPSA) is 27.7 Å². The van der Waals surface area contributed by atoms with Crippen LogP contribution in [0.2, 0.25) is 0 Å². The number of benzene rings is 2. The first-order chi connectivity index (χ1) is 8.35. The largest absolute Gasteiger partial charge is 0.441 e. The minimum atomic E-state index is -0.661. The van der Waals surface area contributed by atoms with E-state index in [-0.39, 0.29) is 0 Å². The minimum Gasteiger partial charge on any atom is -0.441 e. The number of rotatable bonds is 5. The average molecular weight is 232 g/mol. The van der Waals surface area contributed by atoms with Crippen molar-refractivity contribution in [3.05, 3.63) is 42.5 Å². The maximum atomic E-state index is 5.67. The summed E-state index contributed by atoms with van der Waals surface area (Å²) < 4.78 is 16.1. The summed E-state index contributed by atoms with van der Waals surface area (Å²) in [5, 5.41) is 2.19. The van der Waals surface area contributed by atoms with E-state index in [1.807, 2.05) is 49.4 Å². The summed E-state index contributed by atoms with van der Waals surface area (Å²) in [6.07, 6.45) is 0. The first-order valence-electron chi connectivity index (χ1n) is 5.64. The Morgan fingerprint density at radius 2 is 1.82 bits per heavy atom. The molecule has 0 bridgehead atoms. The maximum absolute atomic E-state index is 5.67. The maximum Gasteiger partial charge on any atom is 0.315 e.